The SMILES string of the molecule is CCCCCCCCCCCCCCCCCC(=O)OCCCP(=O)(O)O[C@@H](C)[C@H](N)C(=O)O. The summed E-state index contributed by atoms with van der Waals surface area (Å²) in [5.74, 6) is -1.61. The molecule has 4 N–H and O–H groups in total. The lowest BCUT2D eigenvalue weighted by Gasteiger charge is -2.20. The maximum atomic E-state index is 12.0. The minimum absolute atomic E-state index is 0.0326. The van der Waals surface area contributed by atoms with Crippen LogP contribution in [0.1, 0.15) is 123 Å². The highest BCUT2D eigenvalue weighted by molar-refractivity contribution is 7.52. The third-order valence-electron chi connectivity index (χ3n) is 5.95. The van der Waals surface area contributed by atoms with E-state index >= 15 is 0 Å². The van der Waals surface area contributed by atoms with Gasteiger partial charge in [-0.1, -0.05) is 96.8 Å². The quantitative estimate of drug-likeness (QED) is 0.0800. The van der Waals surface area contributed by atoms with E-state index in [1.165, 1.54) is 84.0 Å². The first-order chi connectivity index (χ1) is 16.2. The van der Waals surface area contributed by atoms with E-state index in [0.717, 1.165) is 19.3 Å². The van der Waals surface area contributed by atoms with Gasteiger partial charge in [0.15, 0.2) is 0 Å². The van der Waals surface area contributed by atoms with Crippen molar-refractivity contribution in [3.8, 4) is 0 Å². The molecule has 0 radical (unpaired) electrons. The van der Waals surface area contributed by atoms with Crippen LogP contribution in [0, 0.1) is 0 Å². The molecule has 0 fully saturated rings. The lowest BCUT2D eigenvalue weighted by atomic mass is 10.0. The van der Waals surface area contributed by atoms with Crippen molar-refractivity contribution < 1.29 is 33.4 Å². The third kappa shape index (κ3) is 20.4. The Morgan fingerprint density at radius 1 is 0.824 bits per heavy atom. The number of hydrogen-bond donors (Lipinski definition) is 3. The Labute approximate surface area is 206 Å². The summed E-state index contributed by atoms with van der Waals surface area (Å²) in [5.41, 5.74) is 5.37. The fourth-order valence-electron chi connectivity index (χ4n) is 3.74. The third-order valence-corrected chi connectivity index (χ3v) is 7.50. The van der Waals surface area contributed by atoms with E-state index in [-0.39, 0.29) is 25.2 Å². The number of unbranched alkanes of at least 4 members (excludes halogenated alkanes) is 14. The van der Waals surface area contributed by atoms with E-state index < -0.39 is 25.7 Å². The maximum Gasteiger partial charge on any atom is 0.328 e. The summed E-state index contributed by atoms with van der Waals surface area (Å²) in [4.78, 5) is 32.3. The maximum absolute atomic E-state index is 12.0. The van der Waals surface area contributed by atoms with Gasteiger partial charge in [-0.05, 0) is 19.8 Å². The van der Waals surface area contributed by atoms with Gasteiger partial charge in [-0.3, -0.25) is 14.2 Å². The van der Waals surface area contributed by atoms with Crippen molar-refractivity contribution in [1.29, 1.82) is 0 Å². The van der Waals surface area contributed by atoms with Gasteiger partial charge in [-0.25, -0.2) is 0 Å². The predicted molar refractivity (Wildman–Crippen MR) is 136 cm³/mol. The summed E-state index contributed by atoms with van der Waals surface area (Å²) < 4.78 is 22.0. The lowest BCUT2D eigenvalue weighted by Crippen LogP contribution is -2.41. The molecule has 0 aliphatic heterocycles. The number of ether oxygens (including phenoxy) is 1. The zero-order valence-corrected chi connectivity index (χ0v) is 22.4. The molecule has 0 aromatic carbocycles. The van der Waals surface area contributed by atoms with E-state index in [0.29, 0.717) is 6.42 Å². The van der Waals surface area contributed by atoms with Crippen LogP contribution in [0.5, 0.6) is 0 Å². The summed E-state index contributed by atoms with van der Waals surface area (Å²) in [6.07, 6.45) is 18.2. The molecule has 0 rings (SSSR count). The normalized spacial score (nSPS) is 14.9. The smallest absolute Gasteiger partial charge is 0.328 e. The summed E-state index contributed by atoms with van der Waals surface area (Å²) in [7, 11) is -3.99. The fraction of sp³-hybridized carbons (Fsp3) is 0.920. The molecule has 1 unspecified atom stereocenters. The Balaban J connectivity index is 3.52. The number of nitrogens with two attached hydrogens (primary N) is 1. The van der Waals surface area contributed by atoms with Crippen molar-refractivity contribution in [2.24, 2.45) is 5.73 Å². The number of hydrogen-bond acceptors (Lipinski definition) is 6. The molecule has 0 aliphatic carbocycles. The minimum atomic E-state index is -3.99. The second-order valence-corrected chi connectivity index (χ2v) is 11.2. The van der Waals surface area contributed by atoms with E-state index in [1.807, 2.05) is 0 Å². The highest BCUT2D eigenvalue weighted by atomic mass is 31.2. The molecule has 0 aliphatic rings. The van der Waals surface area contributed by atoms with Crippen molar-refractivity contribution >= 4 is 19.5 Å². The van der Waals surface area contributed by atoms with Crippen LogP contribution < -0.4 is 5.73 Å². The molecule has 0 bridgehead atoms. The van der Waals surface area contributed by atoms with Gasteiger partial charge in [0, 0.05) is 6.42 Å². The Morgan fingerprint density at radius 2 is 1.26 bits per heavy atom. The van der Waals surface area contributed by atoms with E-state index in [9.17, 15) is 19.0 Å². The van der Waals surface area contributed by atoms with E-state index in [2.05, 4.69) is 6.92 Å². The van der Waals surface area contributed by atoms with Crippen molar-refractivity contribution in [2.75, 3.05) is 12.8 Å². The Bertz CT molecular complexity index is 573. The molecule has 8 nitrogen and oxygen atoms in total. The van der Waals surface area contributed by atoms with E-state index in [1.54, 1.807) is 0 Å². The van der Waals surface area contributed by atoms with Gasteiger partial charge in [0.2, 0.25) is 0 Å². The number of carboxylic acids is 1. The molecular weight excluding hydrogens is 457 g/mol. The Morgan fingerprint density at radius 3 is 1.71 bits per heavy atom. The molecule has 9 heteroatoms. The molecule has 0 saturated carbocycles. The van der Waals surface area contributed by atoms with Gasteiger partial charge >= 0.3 is 19.5 Å². The molecule has 0 saturated heterocycles. The van der Waals surface area contributed by atoms with Gasteiger partial charge in [0.05, 0.1) is 18.9 Å². The number of carbonyl (C=O) groups is 2. The Kier molecular flexibility index (Phi) is 20.7. The first kappa shape index (κ1) is 33.0. The zero-order valence-electron chi connectivity index (χ0n) is 21.5. The van der Waals surface area contributed by atoms with Crippen molar-refractivity contribution in [3.63, 3.8) is 0 Å². The summed E-state index contributed by atoms with van der Waals surface area (Å²) in [6.45, 7) is 3.62. The van der Waals surface area contributed by atoms with Gasteiger partial charge < -0.3 is 25.0 Å². The first-order valence-corrected chi connectivity index (χ1v) is 15.1. The van der Waals surface area contributed by atoms with Crippen LogP contribution in [0.2, 0.25) is 0 Å². The number of carboxylic acid groups (broad SMARTS) is 1. The molecule has 0 heterocycles. The molecule has 3 atom stereocenters. The van der Waals surface area contributed by atoms with E-state index in [4.69, 9.17) is 20.1 Å². The standard InChI is InChI=1S/C25H50NO7P/c1-3-4-5-6-7-8-9-10-11-12-13-14-15-16-17-19-23(27)32-20-18-21-34(30,31)33-22(2)24(26)25(28)29/h22,24H,3-21,26H2,1-2H3,(H,28,29)(H,30,31)/t22-,24-/m0/s1. The van der Waals surface area contributed by atoms with Crippen LogP contribution in [0.4, 0.5) is 0 Å². The molecule has 0 aromatic rings. The van der Waals surface area contributed by atoms with Gasteiger partial charge in [0.1, 0.15) is 6.04 Å². The van der Waals surface area contributed by atoms with Crippen molar-refractivity contribution in [1.82, 2.24) is 0 Å². The summed E-state index contributed by atoms with van der Waals surface area (Å²) in [6, 6.07) is -1.38. The monoisotopic (exact) mass is 507 g/mol. The van der Waals surface area contributed by atoms with Gasteiger partial charge in [-0.15, -0.1) is 0 Å². The van der Waals surface area contributed by atoms with Crippen molar-refractivity contribution in [2.45, 2.75) is 135 Å². The molecule has 34 heavy (non-hydrogen) atoms. The highest BCUT2D eigenvalue weighted by Crippen LogP contribution is 2.44. The van der Waals surface area contributed by atoms with Crippen LogP contribution in [0.3, 0.4) is 0 Å². The van der Waals surface area contributed by atoms with Crippen LogP contribution in [-0.4, -0.2) is 46.9 Å². The molecule has 0 amide bonds. The average Bonchev–Trinajstić information content (AvgIpc) is 2.78. The largest absolute Gasteiger partial charge is 0.480 e. The Hall–Kier alpha value is -0.950. The summed E-state index contributed by atoms with van der Waals surface area (Å²) >= 11 is 0. The second kappa shape index (κ2) is 21.3. The topological polar surface area (TPSA) is 136 Å². The first-order valence-electron chi connectivity index (χ1n) is 13.3. The van der Waals surface area contributed by atoms with Gasteiger partial charge in [-0.2, -0.15) is 0 Å². The zero-order chi connectivity index (χ0) is 25.7. The number of carbonyl (C=O) groups excluding carboxylic acids is 1. The second-order valence-electron chi connectivity index (χ2n) is 9.31. The lowest BCUT2D eigenvalue weighted by molar-refractivity contribution is -0.144. The average molecular weight is 508 g/mol. The van der Waals surface area contributed by atoms with Crippen LogP contribution >= 0.6 is 7.60 Å². The number of esters is 1. The van der Waals surface area contributed by atoms with Gasteiger partial charge in [0.25, 0.3) is 0 Å². The van der Waals surface area contributed by atoms with Crippen LogP contribution in [0.25, 0.3) is 0 Å². The molecule has 0 aromatic heterocycles. The fourth-order valence-corrected chi connectivity index (χ4v) is 5.03. The number of rotatable bonds is 24. The minimum Gasteiger partial charge on any atom is -0.480 e. The molecule has 0 spiro atoms. The predicted octanol–water partition coefficient (Wildman–Crippen LogP) is 6.18. The molecular formula is C25H50NO7P. The molecule has 202 valence electrons. The van der Waals surface area contributed by atoms with Crippen LogP contribution in [0.15, 0.2) is 0 Å². The van der Waals surface area contributed by atoms with Crippen molar-refractivity contribution in [3.05, 3.63) is 0 Å². The van der Waals surface area contributed by atoms with Crippen LogP contribution in [-0.2, 0) is 23.4 Å². The number of aliphatic carboxylic acids is 1. The highest BCUT2D eigenvalue weighted by Gasteiger charge is 2.29. The summed E-state index contributed by atoms with van der Waals surface area (Å²) in [5, 5.41) is 8.80.